The molecule has 0 radical (unpaired) electrons. The first-order valence-electron chi connectivity index (χ1n) is 4.47. The first kappa shape index (κ1) is 12.0. The number of hydrogen-bond donors (Lipinski definition) is 0. The summed E-state index contributed by atoms with van der Waals surface area (Å²) in [6.07, 6.45) is 1.19. The highest BCUT2D eigenvalue weighted by atomic mass is 32.2. The molecule has 0 bridgehead atoms. The predicted octanol–water partition coefficient (Wildman–Crippen LogP) is 1.09. The van der Waals surface area contributed by atoms with E-state index in [0.717, 1.165) is 11.3 Å². The van der Waals surface area contributed by atoms with Crippen molar-refractivity contribution < 1.29 is 13.2 Å². The monoisotopic (exact) mass is 229 g/mol. The summed E-state index contributed by atoms with van der Waals surface area (Å²) >= 11 is 0. The Hall–Kier alpha value is -1.07. The van der Waals surface area contributed by atoms with E-state index >= 15 is 0 Å². The third-order valence-corrected chi connectivity index (χ3v) is 3.37. The van der Waals surface area contributed by atoms with Gasteiger partial charge >= 0.3 is 0 Å². The molecule has 0 saturated carbocycles. The normalized spacial score (nSPS) is 11.7. The molecule has 0 saturated heterocycles. The molecule has 1 aromatic rings. The Morgan fingerprint density at radius 1 is 1.40 bits per heavy atom. The predicted molar refractivity (Wildman–Crippen MR) is 59.3 cm³/mol. The third kappa shape index (κ3) is 3.53. The Morgan fingerprint density at radius 2 is 2.07 bits per heavy atom. The summed E-state index contributed by atoms with van der Waals surface area (Å²) in [7, 11) is 0.00506. The molecule has 0 fully saturated rings. The fourth-order valence-corrected chi connectivity index (χ4v) is 1.53. The Morgan fingerprint density at radius 3 is 2.60 bits per heavy atom. The minimum Gasteiger partial charge on any atom is -0.497 e. The van der Waals surface area contributed by atoms with Crippen LogP contribution in [-0.2, 0) is 16.6 Å². The van der Waals surface area contributed by atoms with E-state index in [9.17, 15) is 8.42 Å². The molecule has 0 atom stereocenters. The van der Waals surface area contributed by atoms with E-state index in [2.05, 4.69) is 0 Å². The molecule has 0 spiro atoms. The van der Waals surface area contributed by atoms with Gasteiger partial charge in [-0.3, -0.25) is 0 Å². The molecule has 0 heterocycles. The van der Waals surface area contributed by atoms with Gasteiger partial charge in [-0.2, -0.15) is 0 Å². The van der Waals surface area contributed by atoms with E-state index in [0.29, 0.717) is 6.54 Å². The van der Waals surface area contributed by atoms with Crippen LogP contribution in [0.25, 0.3) is 0 Å². The molecule has 0 amide bonds. The van der Waals surface area contributed by atoms with E-state index in [1.807, 2.05) is 24.3 Å². The Balaban J connectivity index is 2.81. The minimum absolute atomic E-state index is 0.357. The van der Waals surface area contributed by atoms with Crippen molar-refractivity contribution in [2.45, 2.75) is 6.54 Å². The van der Waals surface area contributed by atoms with Crippen molar-refractivity contribution >= 4 is 10.0 Å². The maximum Gasteiger partial charge on any atom is 0.211 e. The van der Waals surface area contributed by atoms with Crippen molar-refractivity contribution in [3.05, 3.63) is 29.8 Å². The lowest BCUT2D eigenvalue weighted by Crippen LogP contribution is -2.24. The second-order valence-electron chi connectivity index (χ2n) is 3.37. The summed E-state index contributed by atoms with van der Waals surface area (Å²) in [5.41, 5.74) is 0.905. The van der Waals surface area contributed by atoms with Gasteiger partial charge in [0.2, 0.25) is 10.0 Å². The lowest BCUT2D eigenvalue weighted by atomic mass is 10.2. The second-order valence-corrected chi connectivity index (χ2v) is 5.46. The lowest BCUT2D eigenvalue weighted by molar-refractivity contribution is 0.412. The lowest BCUT2D eigenvalue weighted by Gasteiger charge is -2.14. The van der Waals surface area contributed by atoms with Crippen molar-refractivity contribution in [1.82, 2.24) is 4.31 Å². The van der Waals surface area contributed by atoms with E-state index in [-0.39, 0.29) is 0 Å². The quantitative estimate of drug-likeness (QED) is 0.776. The summed E-state index contributed by atoms with van der Waals surface area (Å²) in [6, 6.07) is 7.35. The molecular formula is C10H15NO3S. The Labute approximate surface area is 90.5 Å². The van der Waals surface area contributed by atoms with Crippen LogP contribution in [-0.4, -0.2) is 33.1 Å². The number of methoxy groups -OCH3 is 1. The Bertz CT molecular complexity index is 428. The number of hydrogen-bond acceptors (Lipinski definition) is 3. The van der Waals surface area contributed by atoms with Gasteiger partial charge in [0, 0.05) is 13.6 Å². The minimum atomic E-state index is -3.13. The standard InChI is InChI=1S/C10H15NO3S/c1-11(15(3,12)13)8-9-5-4-6-10(7-9)14-2/h4-7H,8H2,1-3H3. The summed E-state index contributed by atoms with van der Waals surface area (Å²) in [4.78, 5) is 0. The topological polar surface area (TPSA) is 46.6 Å². The highest BCUT2D eigenvalue weighted by Gasteiger charge is 2.11. The fraction of sp³-hybridized carbons (Fsp3) is 0.400. The molecule has 0 aliphatic rings. The molecule has 0 aliphatic carbocycles. The summed E-state index contributed by atoms with van der Waals surface area (Å²) < 4.78 is 28.7. The zero-order chi connectivity index (χ0) is 11.5. The van der Waals surface area contributed by atoms with Crippen LogP contribution in [0.2, 0.25) is 0 Å². The van der Waals surface area contributed by atoms with E-state index in [1.54, 1.807) is 14.2 Å². The zero-order valence-electron chi connectivity index (χ0n) is 9.10. The number of nitrogens with zero attached hydrogens (tertiary/aromatic N) is 1. The summed E-state index contributed by atoms with van der Waals surface area (Å²) in [5, 5.41) is 0. The summed E-state index contributed by atoms with van der Waals surface area (Å²) in [6.45, 7) is 0.357. The van der Waals surface area contributed by atoms with Gasteiger partial charge < -0.3 is 4.74 Å². The molecule has 0 unspecified atom stereocenters. The summed E-state index contributed by atoms with van der Waals surface area (Å²) in [5.74, 6) is 0.731. The van der Waals surface area contributed by atoms with Gasteiger partial charge in [0.15, 0.2) is 0 Å². The van der Waals surface area contributed by atoms with E-state index < -0.39 is 10.0 Å². The maximum atomic E-state index is 11.2. The molecule has 5 heteroatoms. The molecule has 0 aromatic heterocycles. The molecule has 0 aliphatic heterocycles. The largest absolute Gasteiger partial charge is 0.497 e. The molecule has 0 N–H and O–H groups in total. The van der Waals surface area contributed by atoms with Gasteiger partial charge in [-0.1, -0.05) is 12.1 Å². The zero-order valence-corrected chi connectivity index (χ0v) is 9.91. The molecule has 15 heavy (non-hydrogen) atoms. The van der Waals surface area contributed by atoms with Gasteiger partial charge in [-0.25, -0.2) is 12.7 Å². The average Bonchev–Trinajstić information content (AvgIpc) is 2.16. The average molecular weight is 229 g/mol. The van der Waals surface area contributed by atoms with Crippen LogP contribution >= 0.6 is 0 Å². The van der Waals surface area contributed by atoms with E-state index in [4.69, 9.17) is 4.74 Å². The number of ether oxygens (including phenoxy) is 1. The van der Waals surface area contributed by atoms with Gasteiger partial charge in [0.25, 0.3) is 0 Å². The molecule has 1 rings (SSSR count). The maximum absolute atomic E-state index is 11.2. The van der Waals surface area contributed by atoms with Crippen molar-refractivity contribution in [3.63, 3.8) is 0 Å². The molecule has 4 nitrogen and oxygen atoms in total. The van der Waals surface area contributed by atoms with Crippen molar-refractivity contribution in [2.75, 3.05) is 20.4 Å². The van der Waals surface area contributed by atoms with Crippen molar-refractivity contribution in [2.24, 2.45) is 0 Å². The van der Waals surface area contributed by atoms with Crippen LogP contribution in [0.5, 0.6) is 5.75 Å². The Kier molecular flexibility index (Phi) is 3.71. The van der Waals surface area contributed by atoms with Crippen molar-refractivity contribution in [3.8, 4) is 5.75 Å². The van der Waals surface area contributed by atoms with Crippen LogP contribution in [0.15, 0.2) is 24.3 Å². The number of rotatable bonds is 4. The fourth-order valence-electron chi connectivity index (χ4n) is 1.15. The van der Waals surface area contributed by atoms with E-state index in [1.165, 1.54) is 10.6 Å². The SMILES string of the molecule is COc1cccc(CN(C)S(C)(=O)=O)c1. The number of benzene rings is 1. The van der Waals surface area contributed by atoms with Crippen LogP contribution in [0.4, 0.5) is 0 Å². The smallest absolute Gasteiger partial charge is 0.211 e. The highest BCUT2D eigenvalue weighted by molar-refractivity contribution is 7.88. The van der Waals surface area contributed by atoms with Crippen LogP contribution < -0.4 is 4.74 Å². The first-order chi connectivity index (χ1) is 6.93. The van der Waals surface area contributed by atoms with Crippen molar-refractivity contribution in [1.29, 1.82) is 0 Å². The van der Waals surface area contributed by atoms with Gasteiger partial charge in [0.1, 0.15) is 5.75 Å². The number of sulfonamides is 1. The highest BCUT2D eigenvalue weighted by Crippen LogP contribution is 2.14. The molecule has 84 valence electrons. The third-order valence-electron chi connectivity index (χ3n) is 2.11. The first-order valence-corrected chi connectivity index (χ1v) is 6.32. The molecule has 1 aromatic carbocycles. The van der Waals surface area contributed by atoms with Gasteiger partial charge in [-0.15, -0.1) is 0 Å². The van der Waals surface area contributed by atoms with Gasteiger partial charge in [0.05, 0.1) is 13.4 Å². The van der Waals surface area contributed by atoms with Crippen LogP contribution in [0, 0.1) is 0 Å². The molecular weight excluding hydrogens is 214 g/mol. The van der Waals surface area contributed by atoms with Crippen LogP contribution in [0.1, 0.15) is 5.56 Å². The van der Waals surface area contributed by atoms with Crippen LogP contribution in [0.3, 0.4) is 0 Å². The van der Waals surface area contributed by atoms with Gasteiger partial charge in [-0.05, 0) is 17.7 Å². The second kappa shape index (κ2) is 4.63.